The maximum atomic E-state index is 6.17. The minimum atomic E-state index is 0.928. The lowest BCUT2D eigenvalue weighted by Crippen LogP contribution is -1.92. The van der Waals surface area contributed by atoms with Gasteiger partial charge in [-0.05, 0) is 53.6 Å². The summed E-state index contributed by atoms with van der Waals surface area (Å²) in [7, 11) is 0. The number of fused-ring (bicyclic) bond motifs is 8. The van der Waals surface area contributed by atoms with Gasteiger partial charge in [-0.3, -0.25) is 0 Å². The van der Waals surface area contributed by atoms with Gasteiger partial charge in [-0.2, -0.15) is 0 Å². The number of aromatic nitrogens is 1. The Morgan fingerprint density at radius 1 is 0.600 bits per heavy atom. The minimum Gasteiger partial charge on any atom is -0.456 e. The van der Waals surface area contributed by atoms with Crippen LogP contribution in [0.3, 0.4) is 0 Å². The molecule has 5 aromatic carbocycles. The van der Waals surface area contributed by atoms with Crippen LogP contribution in [-0.2, 0) is 0 Å². The van der Waals surface area contributed by atoms with Crippen LogP contribution in [0.5, 0.6) is 0 Å². The molecule has 8 aromatic rings. The second kappa shape index (κ2) is 7.08. The SMILES string of the molecule is c1ccc(-n2c3ccccc3c3sc4ccc(-c5cccc6oc7ccccc7c56)cc4c32)cc1. The molecule has 0 radical (unpaired) electrons. The number of thiophene rings is 1. The topological polar surface area (TPSA) is 18.1 Å². The van der Waals surface area contributed by atoms with Crippen molar-refractivity contribution in [2.45, 2.75) is 0 Å². The highest BCUT2D eigenvalue weighted by molar-refractivity contribution is 7.26. The molecule has 0 unspecified atom stereocenters. The molecule has 0 aliphatic rings. The zero-order valence-corrected chi connectivity index (χ0v) is 19.5. The van der Waals surface area contributed by atoms with Crippen molar-refractivity contribution in [1.82, 2.24) is 4.57 Å². The van der Waals surface area contributed by atoms with E-state index in [4.69, 9.17) is 4.42 Å². The summed E-state index contributed by atoms with van der Waals surface area (Å²) in [4.78, 5) is 0. The Morgan fingerprint density at radius 3 is 2.29 bits per heavy atom. The molecular weight excluding hydrogens is 446 g/mol. The van der Waals surface area contributed by atoms with Crippen molar-refractivity contribution < 1.29 is 4.42 Å². The first-order chi connectivity index (χ1) is 17.4. The molecule has 8 rings (SSSR count). The molecule has 3 aromatic heterocycles. The average molecular weight is 466 g/mol. The van der Waals surface area contributed by atoms with Gasteiger partial charge in [0.1, 0.15) is 11.2 Å². The molecule has 164 valence electrons. The molecule has 3 heteroatoms. The maximum Gasteiger partial charge on any atom is 0.136 e. The van der Waals surface area contributed by atoms with E-state index in [0.717, 1.165) is 16.6 Å². The van der Waals surface area contributed by atoms with E-state index >= 15 is 0 Å². The van der Waals surface area contributed by atoms with Gasteiger partial charge in [-0.1, -0.05) is 72.8 Å². The van der Waals surface area contributed by atoms with Crippen LogP contribution >= 0.6 is 11.3 Å². The lowest BCUT2D eigenvalue weighted by atomic mass is 9.98. The molecule has 0 amide bonds. The van der Waals surface area contributed by atoms with Gasteiger partial charge in [0, 0.05) is 31.9 Å². The first-order valence-electron chi connectivity index (χ1n) is 11.8. The van der Waals surface area contributed by atoms with Crippen LogP contribution in [0.4, 0.5) is 0 Å². The third-order valence-corrected chi connectivity index (χ3v) is 8.20. The zero-order valence-electron chi connectivity index (χ0n) is 18.7. The van der Waals surface area contributed by atoms with Gasteiger partial charge < -0.3 is 8.98 Å². The van der Waals surface area contributed by atoms with Crippen molar-refractivity contribution in [2.24, 2.45) is 0 Å². The van der Waals surface area contributed by atoms with E-state index in [1.54, 1.807) is 0 Å². The summed E-state index contributed by atoms with van der Waals surface area (Å²) in [5, 5.41) is 4.92. The normalized spacial score (nSPS) is 12.0. The van der Waals surface area contributed by atoms with Crippen LogP contribution < -0.4 is 0 Å². The molecule has 0 aliphatic heterocycles. The average Bonchev–Trinajstić information content (AvgIpc) is 3.57. The fourth-order valence-corrected chi connectivity index (χ4v) is 6.70. The summed E-state index contributed by atoms with van der Waals surface area (Å²) in [5.74, 6) is 0. The zero-order chi connectivity index (χ0) is 22.9. The predicted molar refractivity (Wildman–Crippen MR) is 149 cm³/mol. The fraction of sp³-hybridized carbons (Fsp3) is 0. The van der Waals surface area contributed by atoms with E-state index in [2.05, 4.69) is 108 Å². The monoisotopic (exact) mass is 465 g/mol. The Morgan fingerprint density at radius 2 is 1.37 bits per heavy atom. The van der Waals surface area contributed by atoms with Crippen molar-refractivity contribution in [1.29, 1.82) is 0 Å². The highest BCUT2D eigenvalue weighted by atomic mass is 32.1. The third-order valence-electron chi connectivity index (χ3n) is 7.00. The van der Waals surface area contributed by atoms with E-state index < -0.39 is 0 Å². The summed E-state index contributed by atoms with van der Waals surface area (Å²) < 4.78 is 11.2. The summed E-state index contributed by atoms with van der Waals surface area (Å²) in [6.07, 6.45) is 0. The van der Waals surface area contributed by atoms with Crippen LogP contribution in [0.25, 0.3) is 70.0 Å². The summed E-state index contributed by atoms with van der Waals surface area (Å²) in [6, 6.07) is 41.0. The lowest BCUT2D eigenvalue weighted by Gasteiger charge is -2.09. The van der Waals surface area contributed by atoms with Crippen LogP contribution in [-0.4, -0.2) is 4.57 Å². The fourth-order valence-electron chi connectivity index (χ4n) is 5.50. The number of nitrogens with zero attached hydrogens (tertiary/aromatic N) is 1. The molecule has 0 saturated carbocycles. The van der Waals surface area contributed by atoms with Gasteiger partial charge in [0.25, 0.3) is 0 Å². The first-order valence-corrected chi connectivity index (χ1v) is 12.6. The van der Waals surface area contributed by atoms with E-state index in [1.807, 2.05) is 23.5 Å². The lowest BCUT2D eigenvalue weighted by molar-refractivity contribution is 0.669. The van der Waals surface area contributed by atoms with Crippen molar-refractivity contribution in [3.05, 3.63) is 115 Å². The Kier molecular flexibility index (Phi) is 3.85. The largest absolute Gasteiger partial charge is 0.456 e. The smallest absolute Gasteiger partial charge is 0.136 e. The second-order valence-electron chi connectivity index (χ2n) is 8.96. The van der Waals surface area contributed by atoms with Gasteiger partial charge in [-0.15, -0.1) is 11.3 Å². The van der Waals surface area contributed by atoms with Crippen molar-refractivity contribution >= 4 is 64.5 Å². The molecule has 0 fully saturated rings. The quantitative estimate of drug-likeness (QED) is 0.248. The van der Waals surface area contributed by atoms with Crippen molar-refractivity contribution in [3.63, 3.8) is 0 Å². The molecule has 0 spiro atoms. The predicted octanol–water partition coefficient (Wildman–Crippen LogP) is 9.56. The molecule has 0 atom stereocenters. The highest BCUT2D eigenvalue weighted by Crippen LogP contribution is 2.44. The second-order valence-corrected chi connectivity index (χ2v) is 10.0. The van der Waals surface area contributed by atoms with Crippen molar-refractivity contribution in [3.8, 4) is 16.8 Å². The molecule has 0 N–H and O–H groups in total. The number of benzene rings is 5. The number of hydrogen-bond donors (Lipinski definition) is 0. The van der Waals surface area contributed by atoms with E-state index in [0.29, 0.717) is 0 Å². The van der Waals surface area contributed by atoms with Gasteiger partial charge >= 0.3 is 0 Å². The Bertz CT molecular complexity index is 2060. The molecule has 35 heavy (non-hydrogen) atoms. The van der Waals surface area contributed by atoms with Crippen LogP contribution in [0.2, 0.25) is 0 Å². The van der Waals surface area contributed by atoms with Gasteiger partial charge in [0.2, 0.25) is 0 Å². The van der Waals surface area contributed by atoms with Gasteiger partial charge in [0.05, 0.1) is 15.7 Å². The Balaban J connectivity index is 1.49. The molecule has 0 aliphatic carbocycles. The molecule has 3 heterocycles. The molecule has 2 nitrogen and oxygen atoms in total. The Hall–Kier alpha value is -4.34. The van der Waals surface area contributed by atoms with Gasteiger partial charge in [0.15, 0.2) is 0 Å². The molecule has 0 saturated heterocycles. The maximum absolute atomic E-state index is 6.17. The number of furan rings is 1. The first kappa shape index (κ1) is 19.0. The Labute approximate surface area is 205 Å². The van der Waals surface area contributed by atoms with Crippen LogP contribution in [0.15, 0.2) is 120 Å². The van der Waals surface area contributed by atoms with Crippen molar-refractivity contribution in [2.75, 3.05) is 0 Å². The standard InChI is InChI=1S/C32H19NOS/c1-2-9-21(10-3-1)33-26-14-6-4-11-23(26)32-31(33)25-19-20(17-18-29(25)35-32)22-13-8-16-28-30(22)24-12-5-7-15-27(24)34-28/h1-19H. The van der Waals surface area contributed by atoms with E-state index in [1.165, 1.54) is 53.4 Å². The van der Waals surface area contributed by atoms with E-state index in [9.17, 15) is 0 Å². The third kappa shape index (κ3) is 2.64. The van der Waals surface area contributed by atoms with Gasteiger partial charge in [-0.25, -0.2) is 0 Å². The van der Waals surface area contributed by atoms with Crippen LogP contribution in [0, 0.1) is 0 Å². The molecular formula is C32H19NOS. The summed E-state index contributed by atoms with van der Waals surface area (Å²) >= 11 is 1.88. The van der Waals surface area contributed by atoms with E-state index in [-0.39, 0.29) is 0 Å². The highest BCUT2D eigenvalue weighted by Gasteiger charge is 2.19. The minimum absolute atomic E-state index is 0.928. The molecule has 0 bridgehead atoms. The number of hydrogen-bond acceptors (Lipinski definition) is 2. The number of rotatable bonds is 2. The number of para-hydroxylation sites is 3. The van der Waals surface area contributed by atoms with Crippen LogP contribution in [0.1, 0.15) is 0 Å². The summed E-state index contributed by atoms with van der Waals surface area (Å²) in [5.41, 5.74) is 7.98. The summed E-state index contributed by atoms with van der Waals surface area (Å²) in [6.45, 7) is 0.